The first kappa shape index (κ1) is 46.4. The van der Waals surface area contributed by atoms with Crippen LogP contribution in [0.1, 0.15) is 52.7 Å². The summed E-state index contributed by atoms with van der Waals surface area (Å²) < 4.78 is 32.8. The van der Waals surface area contributed by atoms with E-state index in [4.69, 9.17) is 23.1 Å². The van der Waals surface area contributed by atoms with Gasteiger partial charge < -0.3 is 33.5 Å². The minimum Gasteiger partial charge on any atom is -0.497 e. The number of carbonyl (C=O) groups excluding carboxylic acids is 1. The number of rotatable bonds is 20. The summed E-state index contributed by atoms with van der Waals surface area (Å²) in [6.07, 6.45) is -3.99. The van der Waals surface area contributed by atoms with E-state index < -0.39 is 58.0 Å². The molecule has 312 valence electrons. The van der Waals surface area contributed by atoms with Gasteiger partial charge in [0, 0.05) is 12.0 Å². The number of hydrogen-bond acceptors (Lipinski definition) is 8. The van der Waals surface area contributed by atoms with Gasteiger partial charge >= 0.3 is 0 Å². The normalized spacial score (nSPS) is 15.0. The van der Waals surface area contributed by atoms with Crippen molar-refractivity contribution in [2.24, 2.45) is 5.11 Å². The molecule has 11 nitrogen and oxygen atoms in total. The molecular weight excluding hydrogens is 765 g/mol. The number of ether oxygens (including phenoxy) is 3. The first-order valence-corrected chi connectivity index (χ1v) is 24.5. The minimum absolute atomic E-state index is 0.00260. The lowest BCUT2D eigenvalue weighted by atomic mass is 9.86. The van der Waals surface area contributed by atoms with Gasteiger partial charge in [0.05, 0.1) is 33.5 Å². The highest BCUT2D eigenvalue weighted by Gasteiger charge is 2.57. The molecule has 4 aromatic rings. The quantitative estimate of drug-likeness (QED) is 0.0399. The maximum absolute atomic E-state index is 14.7. The number of amides is 1. The number of benzene rings is 4. The van der Waals surface area contributed by atoms with Gasteiger partial charge in [0.15, 0.2) is 13.9 Å². The molecule has 4 atom stereocenters. The molecule has 13 heteroatoms. The highest BCUT2D eigenvalue weighted by Crippen LogP contribution is 2.40. The first-order chi connectivity index (χ1) is 27.5. The number of nitrogens with one attached hydrogen (secondary N) is 1. The molecule has 4 aromatic carbocycles. The molecule has 0 radical (unpaired) electrons. The molecule has 0 bridgehead atoms. The van der Waals surface area contributed by atoms with Gasteiger partial charge in [0.25, 0.3) is 8.32 Å². The van der Waals surface area contributed by atoms with Crippen LogP contribution >= 0.6 is 0 Å². The van der Waals surface area contributed by atoms with Gasteiger partial charge in [-0.25, -0.2) is 0 Å². The van der Waals surface area contributed by atoms with Crippen molar-refractivity contribution < 1.29 is 33.0 Å². The fourth-order valence-electron chi connectivity index (χ4n) is 6.87. The summed E-state index contributed by atoms with van der Waals surface area (Å²) in [4.78, 5) is 18.0. The van der Waals surface area contributed by atoms with Crippen LogP contribution in [0.5, 0.6) is 5.75 Å². The maximum Gasteiger partial charge on any atom is 0.261 e. The summed E-state index contributed by atoms with van der Waals surface area (Å²) in [5.74, 6) is 0.0199. The van der Waals surface area contributed by atoms with Crippen molar-refractivity contribution in [3.05, 3.63) is 137 Å². The summed E-state index contributed by atoms with van der Waals surface area (Å²) >= 11 is 0. The third-order valence-electron chi connectivity index (χ3n) is 11.2. The third kappa shape index (κ3) is 10.8. The van der Waals surface area contributed by atoms with Crippen molar-refractivity contribution in [1.29, 1.82) is 0 Å². The summed E-state index contributed by atoms with van der Waals surface area (Å²) in [7, 11) is -2.66. The molecule has 0 aliphatic carbocycles. The Morgan fingerprint density at radius 3 is 1.72 bits per heavy atom. The van der Waals surface area contributed by atoms with Gasteiger partial charge in [-0.1, -0.05) is 150 Å². The Labute approximate surface area is 346 Å². The fourth-order valence-corrected chi connectivity index (χ4v) is 12.5. The molecule has 0 heterocycles. The lowest BCUT2D eigenvalue weighted by Crippen LogP contribution is -2.70. The second kappa shape index (κ2) is 20.1. The number of methoxy groups -OCH3 is 1. The molecule has 0 fully saturated rings. The van der Waals surface area contributed by atoms with Gasteiger partial charge in [-0.05, 0) is 62.3 Å². The molecule has 1 amide bonds. The molecule has 58 heavy (non-hydrogen) atoms. The zero-order valence-corrected chi connectivity index (χ0v) is 37.8. The fraction of sp³-hybridized carbons (Fsp3) is 0.444. The molecule has 0 unspecified atom stereocenters. The number of hydrogen-bond donors (Lipinski definition) is 2. The van der Waals surface area contributed by atoms with Crippen LogP contribution in [0.3, 0.4) is 0 Å². The lowest BCUT2D eigenvalue weighted by Gasteiger charge is -2.47. The topological polar surface area (TPSA) is 144 Å². The number of carbonyl (C=O) groups is 1. The van der Waals surface area contributed by atoms with Crippen molar-refractivity contribution in [2.45, 2.75) is 102 Å². The van der Waals surface area contributed by atoms with E-state index in [1.165, 1.54) is 7.05 Å². The monoisotopic (exact) mass is 826 g/mol. The number of aliphatic hydroxyl groups excluding tert-OH is 1. The van der Waals surface area contributed by atoms with Gasteiger partial charge in [-0.15, -0.1) is 0 Å². The number of likely N-dealkylation sites (N-methyl/N-ethyl adjacent to an activating group) is 1. The predicted octanol–water partition coefficient (Wildman–Crippen LogP) is 7.92. The van der Waals surface area contributed by atoms with Crippen molar-refractivity contribution in [1.82, 2.24) is 5.32 Å². The molecular formula is C45H62N4O7Si2. The summed E-state index contributed by atoms with van der Waals surface area (Å²) in [5.41, 5.74) is 9.90. The van der Waals surface area contributed by atoms with E-state index in [1.54, 1.807) is 7.11 Å². The zero-order valence-electron chi connectivity index (χ0n) is 35.8. The summed E-state index contributed by atoms with van der Waals surface area (Å²) in [5, 5.41) is 20.7. The smallest absolute Gasteiger partial charge is 0.261 e. The second-order valence-electron chi connectivity index (χ2n) is 17.1. The van der Waals surface area contributed by atoms with Gasteiger partial charge in [0.1, 0.15) is 24.1 Å². The highest BCUT2D eigenvalue weighted by molar-refractivity contribution is 6.99. The largest absolute Gasteiger partial charge is 0.497 e. The van der Waals surface area contributed by atoms with Crippen LogP contribution in [0, 0.1) is 0 Å². The van der Waals surface area contributed by atoms with E-state index in [0.717, 1.165) is 21.5 Å². The first-order valence-electron chi connectivity index (χ1n) is 19.7. The highest BCUT2D eigenvalue weighted by atomic mass is 28.4. The molecule has 4 rings (SSSR count). The molecule has 2 N–H and O–H groups in total. The minimum atomic E-state index is -3.34. The van der Waals surface area contributed by atoms with Gasteiger partial charge in [-0.2, -0.15) is 0 Å². The van der Waals surface area contributed by atoms with E-state index in [9.17, 15) is 15.4 Å². The van der Waals surface area contributed by atoms with Crippen LogP contribution in [0.25, 0.3) is 10.4 Å². The zero-order chi connectivity index (χ0) is 42.6. The van der Waals surface area contributed by atoms with E-state index in [-0.39, 0.29) is 24.9 Å². The maximum atomic E-state index is 14.7. The summed E-state index contributed by atoms with van der Waals surface area (Å²) in [6.45, 7) is 16.4. The van der Waals surface area contributed by atoms with Crippen molar-refractivity contribution in [2.75, 3.05) is 27.4 Å². The Morgan fingerprint density at radius 2 is 1.26 bits per heavy atom. The number of nitrogens with zero attached hydrogens (tertiary/aromatic N) is 3. The Balaban J connectivity index is 1.96. The van der Waals surface area contributed by atoms with Gasteiger partial charge in [-0.3, -0.25) is 4.79 Å². The molecule has 0 aliphatic rings. The van der Waals surface area contributed by atoms with E-state index in [2.05, 4.69) is 70.0 Å². The van der Waals surface area contributed by atoms with Crippen LogP contribution in [-0.2, 0) is 36.3 Å². The van der Waals surface area contributed by atoms with E-state index in [1.807, 2.05) is 115 Å². The third-order valence-corrected chi connectivity index (χ3v) is 20.7. The van der Waals surface area contributed by atoms with Crippen LogP contribution in [0.2, 0.25) is 23.2 Å². The SMILES string of the molecule is CNC(=O)[C@@](CO[Si](c1ccccc1)(c1ccccc1)C(C)(C)C)(N=[N+]=[N-])[C@@H](OCc1ccccc1)[C@H](OCc1ccc(OC)cc1)[C@@H](O)CO[Si](C)(C)C(C)(C)C. The Morgan fingerprint density at radius 1 is 0.759 bits per heavy atom. The van der Waals surface area contributed by atoms with Crippen LogP contribution in [-0.4, -0.2) is 78.9 Å². The van der Waals surface area contributed by atoms with E-state index >= 15 is 0 Å². The molecule has 0 saturated heterocycles. The molecule has 0 spiro atoms. The Bertz CT molecular complexity index is 1880. The number of azide groups is 1. The van der Waals surface area contributed by atoms with Crippen molar-refractivity contribution >= 4 is 32.9 Å². The molecule has 0 saturated carbocycles. The van der Waals surface area contributed by atoms with Crippen LogP contribution in [0.4, 0.5) is 0 Å². The molecule has 0 aliphatic heterocycles. The van der Waals surface area contributed by atoms with Crippen LogP contribution < -0.4 is 20.4 Å². The standard InChI is InChI=1S/C45H62N4O7Si2/c1-43(2,3)57(9,10)55-32-39(50)40(53-30-35-26-28-36(52-8)29-27-35)41(54-31-34-20-14-11-15-21-34)45(48-49-46,42(51)47-7)33-56-58(44(4,5)6,37-22-16-12-17-23-37)38-24-18-13-19-25-38/h11-29,39-41,50H,30-33H2,1-10H3,(H,47,51)/t39-,40+,41-,45-/m0/s1. The average Bonchev–Trinajstić information content (AvgIpc) is 3.21. The summed E-state index contributed by atoms with van der Waals surface area (Å²) in [6, 6.07) is 36.8. The Hall–Kier alpha value is -4.31. The Kier molecular flexibility index (Phi) is 16.1. The van der Waals surface area contributed by atoms with Crippen molar-refractivity contribution in [3.8, 4) is 5.75 Å². The molecule has 0 aromatic heterocycles. The van der Waals surface area contributed by atoms with Crippen LogP contribution in [0.15, 0.2) is 120 Å². The lowest BCUT2D eigenvalue weighted by molar-refractivity contribution is -0.173. The van der Waals surface area contributed by atoms with Gasteiger partial charge in [0.2, 0.25) is 5.91 Å². The van der Waals surface area contributed by atoms with E-state index in [0.29, 0.717) is 5.75 Å². The van der Waals surface area contributed by atoms with Crippen molar-refractivity contribution in [3.63, 3.8) is 0 Å². The number of aliphatic hydroxyl groups is 1. The predicted molar refractivity (Wildman–Crippen MR) is 235 cm³/mol. The second-order valence-corrected chi connectivity index (χ2v) is 26.2. The average molecular weight is 827 g/mol.